The molecule has 3 nitrogen and oxygen atoms in total. The number of carbonyl (C=O) groups excluding carboxylic acids is 1. The Balaban J connectivity index is 2.98. The van der Waals surface area contributed by atoms with E-state index in [0.29, 0.717) is 0 Å². The number of hydrogen-bond donors (Lipinski definition) is 0. The van der Waals surface area contributed by atoms with Gasteiger partial charge in [0.05, 0.1) is 0 Å². The number of ketones is 1. The van der Waals surface area contributed by atoms with Crippen LogP contribution < -0.4 is 4.74 Å². The molecule has 0 saturated heterocycles. The second-order valence-corrected chi connectivity index (χ2v) is 2.28. The van der Waals surface area contributed by atoms with Crippen molar-refractivity contribution < 1.29 is 18.3 Å². The summed E-state index contributed by atoms with van der Waals surface area (Å²) in [5.41, 5.74) is -0.0807. The quantitative estimate of drug-likeness (QED) is 0.678. The summed E-state index contributed by atoms with van der Waals surface area (Å²) in [7, 11) is 0. The molecule has 0 N–H and O–H groups in total. The SMILES string of the molecule is CC(=O)c1ncccc1OC(F)F. The molecule has 0 aromatic carbocycles. The van der Waals surface area contributed by atoms with Crippen LogP contribution in [0.4, 0.5) is 8.78 Å². The van der Waals surface area contributed by atoms with Gasteiger partial charge in [-0.25, -0.2) is 4.98 Å². The average Bonchev–Trinajstić information content (AvgIpc) is 2.03. The van der Waals surface area contributed by atoms with Gasteiger partial charge in [-0.2, -0.15) is 8.78 Å². The molecule has 0 saturated carbocycles. The lowest BCUT2D eigenvalue weighted by Crippen LogP contribution is -2.07. The molecule has 0 bridgehead atoms. The van der Waals surface area contributed by atoms with Crippen LogP contribution in [0.25, 0.3) is 0 Å². The van der Waals surface area contributed by atoms with E-state index in [0.717, 1.165) is 0 Å². The first-order valence-corrected chi connectivity index (χ1v) is 3.52. The van der Waals surface area contributed by atoms with E-state index < -0.39 is 12.4 Å². The van der Waals surface area contributed by atoms with Crippen molar-refractivity contribution in [1.82, 2.24) is 4.98 Å². The topological polar surface area (TPSA) is 39.2 Å². The Bertz CT molecular complexity index is 315. The minimum absolute atomic E-state index is 0.0807. The Morgan fingerprint density at radius 2 is 2.31 bits per heavy atom. The Morgan fingerprint density at radius 3 is 2.85 bits per heavy atom. The fraction of sp³-hybridized carbons (Fsp3) is 0.250. The highest BCUT2D eigenvalue weighted by Gasteiger charge is 2.12. The van der Waals surface area contributed by atoms with Gasteiger partial charge >= 0.3 is 6.61 Å². The molecule has 1 aromatic heterocycles. The van der Waals surface area contributed by atoms with Gasteiger partial charge < -0.3 is 4.74 Å². The molecule has 0 aliphatic carbocycles. The van der Waals surface area contributed by atoms with Crippen molar-refractivity contribution in [2.45, 2.75) is 13.5 Å². The summed E-state index contributed by atoms with van der Waals surface area (Å²) < 4.78 is 27.7. The standard InChI is InChI=1S/C8H7F2NO2/c1-5(12)7-6(13-8(9)10)3-2-4-11-7/h2-4,8H,1H3. The van der Waals surface area contributed by atoms with Crippen molar-refractivity contribution in [3.05, 3.63) is 24.0 Å². The number of rotatable bonds is 3. The Labute approximate surface area is 73.4 Å². The zero-order chi connectivity index (χ0) is 9.84. The summed E-state index contributed by atoms with van der Waals surface area (Å²) in [6.07, 6.45) is 1.34. The van der Waals surface area contributed by atoms with E-state index in [1.807, 2.05) is 0 Å². The molecule has 0 atom stereocenters. The summed E-state index contributed by atoms with van der Waals surface area (Å²) in [5, 5.41) is 0. The predicted octanol–water partition coefficient (Wildman–Crippen LogP) is 1.89. The summed E-state index contributed by atoms with van der Waals surface area (Å²) in [6, 6.07) is 2.69. The third kappa shape index (κ3) is 2.47. The van der Waals surface area contributed by atoms with Crippen LogP contribution >= 0.6 is 0 Å². The van der Waals surface area contributed by atoms with Crippen molar-refractivity contribution in [2.75, 3.05) is 0 Å². The molecule has 0 aliphatic rings. The molecular formula is C8H7F2NO2. The summed E-state index contributed by atoms with van der Waals surface area (Å²) in [5.74, 6) is -0.596. The fourth-order valence-corrected chi connectivity index (χ4v) is 0.846. The maximum atomic E-state index is 11.8. The lowest BCUT2D eigenvalue weighted by Gasteiger charge is -2.06. The molecule has 13 heavy (non-hydrogen) atoms. The molecule has 1 heterocycles. The number of aromatic nitrogens is 1. The van der Waals surface area contributed by atoms with Gasteiger partial charge in [0.1, 0.15) is 5.69 Å². The first-order chi connectivity index (χ1) is 6.11. The normalized spacial score (nSPS) is 10.2. The first-order valence-electron chi connectivity index (χ1n) is 3.52. The van der Waals surface area contributed by atoms with Crippen molar-refractivity contribution in [1.29, 1.82) is 0 Å². The average molecular weight is 187 g/mol. The molecule has 1 rings (SSSR count). The highest BCUT2D eigenvalue weighted by Crippen LogP contribution is 2.17. The summed E-state index contributed by atoms with van der Waals surface area (Å²) >= 11 is 0. The number of carbonyl (C=O) groups is 1. The van der Waals surface area contributed by atoms with Crippen LogP contribution in [0.3, 0.4) is 0 Å². The number of Topliss-reactive ketones (excluding diaryl/α,β-unsaturated/α-hetero) is 1. The molecule has 0 spiro atoms. The second-order valence-electron chi connectivity index (χ2n) is 2.28. The van der Waals surface area contributed by atoms with Crippen LogP contribution in [0.1, 0.15) is 17.4 Å². The lowest BCUT2D eigenvalue weighted by atomic mass is 10.2. The third-order valence-electron chi connectivity index (χ3n) is 1.32. The number of nitrogens with zero attached hydrogens (tertiary/aromatic N) is 1. The van der Waals surface area contributed by atoms with E-state index in [2.05, 4.69) is 9.72 Å². The lowest BCUT2D eigenvalue weighted by molar-refractivity contribution is -0.0503. The molecule has 1 aromatic rings. The van der Waals surface area contributed by atoms with Gasteiger partial charge in [-0.05, 0) is 12.1 Å². The van der Waals surface area contributed by atoms with Gasteiger partial charge in [0.2, 0.25) is 0 Å². The van der Waals surface area contributed by atoms with Gasteiger partial charge in [-0.3, -0.25) is 4.79 Å². The zero-order valence-electron chi connectivity index (χ0n) is 6.83. The largest absolute Gasteiger partial charge is 0.432 e. The molecule has 70 valence electrons. The molecule has 5 heteroatoms. The predicted molar refractivity (Wildman–Crippen MR) is 40.9 cm³/mol. The summed E-state index contributed by atoms with van der Waals surface area (Å²) in [4.78, 5) is 14.5. The van der Waals surface area contributed by atoms with E-state index in [-0.39, 0.29) is 11.4 Å². The maximum absolute atomic E-state index is 11.8. The van der Waals surface area contributed by atoms with Gasteiger partial charge in [0.25, 0.3) is 0 Å². The number of halogens is 2. The highest BCUT2D eigenvalue weighted by atomic mass is 19.3. The molecular weight excluding hydrogens is 180 g/mol. The third-order valence-corrected chi connectivity index (χ3v) is 1.32. The molecule has 0 unspecified atom stereocenters. The van der Waals surface area contributed by atoms with E-state index in [4.69, 9.17) is 0 Å². The zero-order valence-corrected chi connectivity index (χ0v) is 6.83. The monoisotopic (exact) mass is 187 g/mol. The number of pyridine rings is 1. The highest BCUT2D eigenvalue weighted by molar-refractivity contribution is 5.94. The minimum Gasteiger partial charge on any atom is -0.432 e. The van der Waals surface area contributed by atoms with E-state index in [1.165, 1.54) is 25.3 Å². The smallest absolute Gasteiger partial charge is 0.387 e. The van der Waals surface area contributed by atoms with E-state index in [1.54, 1.807) is 0 Å². The van der Waals surface area contributed by atoms with Crippen LogP contribution in [0.2, 0.25) is 0 Å². The van der Waals surface area contributed by atoms with Crippen molar-refractivity contribution in [3.63, 3.8) is 0 Å². The molecule has 0 radical (unpaired) electrons. The van der Waals surface area contributed by atoms with Crippen molar-refractivity contribution in [2.24, 2.45) is 0 Å². The van der Waals surface area contributed by atoms with Crippen molar-refractivity contribution >= 4 is 5.78 Å². The molecule has 0 fully saturated rings. The molecule has 0 aliphatic heterocycles. The minimum atomic E-state index is -2.94. The van der Waals surface area contributed by atoms with E-state index in [9.17, 15) is 13.6 Å². The van der Waals surface area contributed by atoms with Crippen molar-refractivity contribution in [3.8, 4) is 5.75 Å². The second kappa shape index (κ2) is 3.93. The first kappa shape index (κ1) is 9.57. The molecule has 0 amide bonds. The van der Waals surface area contributed by atoms with E-state index >= 15 is 0 Å². The maximum Gasteiger partial charge on any atom is 0.387 e. The number of hydrogen-bond acceptors (Lipinski definition) is 3. The van der Waals surface area contributed by atoms with Gasteiger partial charge in [-0.15, -0.1) is 0 Å². The number of ether oxygens (including phenoxy) is 1. The van der Waals surface area contributed by atoms with Gasteiger partial charge in [-0.1, -0.05) is 0 Å². The fourth-order valence-electron chi connectivity index (χ4n) is 0.846. The van der Waals surface area contributed by atoms with Crippen LogP contribution in [0.5, 0.6) is 5.75 Å². The van der Waals surface area contributed by atoms with Gasteiger partial charge in [0.15, 0.2) is 11.5 Å². The Morgan fingerprint density at radius 1 is 1.62 bits per heavy atom. The Kier molecular flexibility index (Phi) is 2.89. The Hall–Kier alpha value is -1.52. The summed E-state index contributed by atoms with van der Waals surface area (Å²) in [6.45, 7) is -1.71. The van der Waals surface area contributed by atoms with Crippen LogP contribution in [0.15, 0.2) is 18.3 Å². The van der Waals surface area contributed by atoms with Crippen LogP contribution in [-0.4, -0.2) is 17.4 Å². The number of alkyl halides is 2. The van der Waals surface area contributed by atoms with Crippen LogP contribution in [0, 0.1) is 0 Å². The van der Waals surface area contributed by atoms with Crippen LogP contribution in [-0.2, 0) is 0 Å². The van der Waals surface area contributed by atoms with Gasteiger partial charge in [0, 0.05) is 13.1 Å².